The fraction of sp³-hybridized carbons (Fsp3) is 0.500. The van der Waals surface area contributed by atoms with Gasteiger partial charge in [-0.05, 0) is 32.8 Å². The van der Waals surface area contributed by atoms with Gasteiger partial charge in [-0.1, -0.05) is 30.3 Å². The van der Waals surface area contributed by atoms with Crippen LogP contribution in [0.4, 0.5) is 9.18 Å². The maximum atomic E-state index is 12.9. The molecule has 4 heteroatoms. The minimum Gasteiger partial charge on any atom is -0.444 e. The summed E-state index contributed by atoms with van der Waals surface area (Å²) >= 11 is 0. The zero-order valence-electron chi connectivity index (χ0n) is 11.1. The second kappa shape index (κ2) is 6.38. The van der Waals surface area contributed by atoms with Gasteiger partial charge in [0.15, 0.2) is 0 Å². The molecule has 0 saturated heterocycles. The molecular weight excluding hydrogens is 233 g/mol. The largest absolute Gasteiger partial charge is 0.444 e. The minimum atomic E-state index is -0.617. The zero-order chi connectivity index (χ0) is 13.6. The topological polar surface area (TPSA) is 38.3 Å². The number of alkyl carbamates (subject to hydrolysis) is 1. The molecule has 1 aromatic carbocycles. The Kier molecular flexibility index (Phi) is 5.13. The molecule has 1 aromatic rings. The molecule has 1 atom stereocenters. The van der Waals surface area contributed by atoms with Crippen molar-refractivity contribution in [3.63, 3.8) is 0 Å². The van der Waals surface area contributed by atoms with Crippen molar-refractivity contribution in [3.8, 4) is 0 Å². The van der Waals surface area contributed by atoms with Gasteiger partial charge in [-0.2, -0.15) is 0 Å². The molecule has 100 valence electrons. The molecule has 1 N–H and O–H groups in total. The first kappa shape index (κ1) is 14.5. The Labute approximate surface area is 107 Å². The second-order valence-electron chi connectivity index (χ2n) is 5.19. The standard InChI is InChI=1S/C14H20FNO2/c1-14(2,3)18-13(17)16-12(10-15)9-11-7-5-4-6-8-11/h4-8,12H,9-10H2,1-3H3,(H,16,17)/t12-/m1/s1. The van der Waals surface area contributed by atoms with Crippen molar-refractivity contribution in [1.29, 1.82) is 0 Å². The number of nitrogens with one attached hydrogen (secondary N) is 1. The van der Waals surface area contributed by atoms with Crippen molar-refractivity contribution >= 4 is 6.09 Å². The van der Waals surface area contributed by atoms with Crippen molar-refractivity contribution in [3.05, 3.63) is 35.9 Å². The van der Waals surface area contributed by atoms with Gasteiger partial charge in [-0.25, -0.2) is 9.18 Å². The Hall–Kier alpha value is -1.58. The molecule has 0 fully saturated rings. The SMILES string of the molecule is CC(C)(C)OC(=O)N[C@@H](CF)Cc1ccccc1. The average molecular weight is 253 g/mol. The lowest BCUT2D eigenvalue weighted by Crippen LogP contribution is -2.41. The molecule has 0 aliphatic rings. The molecule has 0 aliphatic carbocycles. The second-order valence-corrected chi connectivity index (χ2v) is 5.19. The summed E-state index contributed by atoms with van der Waals surface area (Å²) in [7, 11) is 0. The number of hydrogen-bond donors (Lipinski definition) is 1. The molecular formula is C14H20FNO2. The molecule has 0 radical (unpaired) electrons. The van der Waals surface area contributed by atoms with Gasteiger partial charge < -0.3 is 10.1 Å². The van der Waals surface area contributed by atoms with Gasteiger partial charge in [0.1, 0.15) is 12.3 Å². The zero-order valence-corrected chi connectivity index (χ0v) is 11.1. The van der Waals surface area contributed by atoms with E-state index in [0.717, 1.165) is 5.56 Å². The van der Waals surface area contributed by atoms with Gasteiger partial charge in [0, 0.05) is 0 Å². The molecule has 0 heterocycles. The first-order chi connectivity index (χ1) is 8.40. The summed E-state index contributed by atoms with van der Waals surface area (Å²) in [5, 5.41) is 2.54. The summed E-state index contributed by atoms with van der Waals surface area (Å²) in [6, 6.07) is 8.92. The quantitative estimate of drug-likeness (QED) is 0.895. The molecule has 3 nitrogen and oxygen atoms in total. The van der Waals surface area contributed by atoms with Crippen LogP contribution in [-0.2, 0) is 11.2 Å². The van der Waals surface area contributed by atoms with E-state index in [0.29, 0.717) is 6.42 Å². The van der Waals surface area contributed by atoms with Crippen molar-refractivity contribution in [2.24, 2.45) is 0 Å². The van der Waals surface area contributed by atoms with Crippen LogP contribution in [-0.4, -0.2) is 24.4 Å². The van der Waals surface area contributed by atoms with Crippen LogP contribution in [0.15, 0.2) is 30.3 Å². The lowest BCUT2D eigenvalue weighted by molar-refractivity contribution is 0.0496. The summed E-state index contributed by atoms with van der Waals surface area (Å²) in [4.78, 5) is 11.5. The highest BCUT2D eigenvalue weighted by atomic mass is 19.1. The molecule has 18 heavy (non-hydrogen) atoms. The average Bonchev–Trinajstić information content (AvgIpc) is 2.27. The Morgan fingerprint density at radius 3 is 2.44 bits per heavy atom. The van der Waals surface area contributed by atoms with Crippen LogP contribution in [0.2, 0.25) is 0 Å². The van der Waals surface area contributed by atoms with E-state index >= 15 is 0 Å². The summed E-state index contributed by atoms with van der Waals surface area (Å²) in [6.07, 6.45) is -0.127. The van der Waals surface area contributed by atoms with Crippen molar-refractivity contribution in [1.82, 2.24) is 5.32 Å². The lowest BCUT2D eigenvalue weighted by Gasteiger charge is -2.22. The Morgan fingerprint density at radius 1 is 1.33 bits per heavy atom. The van der Waals surface area contributed by atoms with E-state index in [9.17, 15) is 9.18 Å². The van der Waals surface area contributed by atoms with Gasteiger partial charge >= 0.3 is 6.09 Å². The number of alkyl halides is 1. The van der Waals surface area contributed by atoms with E-state index in [-0.39, 0.29) is 0 Å². The molecule has 0 aliphatic heterocycles. The van der Waals surface area contributed by atoms with Crippen LogP contribution < -0.4 is 5.32 Å². The summed E-state index contributed by atoms with van der Waals surface area (Å²) in [5.74, 6) is 0. The fourth-order valence-corrected chi connectivity index (χ4v) is 1.52. The number of carbonyl (C=O) groups is 1. The number of ether oxygens (including phenoxy) is 1. The van der Waals surface area contributed by atoms with Crippen molar-refractivity contribution < 1.29 is 13.9 Å². The highest BCUT2D eigenvalue weighted by molar-refractivity contribution is 5.68. The smallest absolute Gasteiger partial charge is 0.407 e. The van der Waals surface area contributed by atoms with Crippen LogP contribution >= 0.6 is 0 Å². The summed E-state index contributed by atoms with van der Waals surface area (Å²) < 4.78 is 18.0. The summed E-state index contributed by atoms with van der Waals surface area (Å²) in [6.45, 7) is 4.70. The first-order valence-corrected chi connectivity index (χ1v) is 6.00. The third-order valence-electron chi connectivity index (χ3n) is 2.23. The third kappa shape index (κ3) is 5.66. The Bertz CT molecular complexity index is 373. The van der Waals surface area contributed by atoms with Crippen molar-refractivity contribution in [2.45, 2.75) is 38.8 Å². The third-order valence-corrected chi connectivity index (χ3v) is 2.23. The van der Waals surface area contributed by atoms with Gasteiger partial charge in [0.2, 0.25) is 0 Å². The van der Waals surface area contributed by atoms with Gasteiger partial charge in [0.25, 0.3) is 0 Å². The van der Waals surface area contributed by atoms with Crippen LogP contribution in [0, 0.1) is 0 Å². The number of halogens is 1. The van der Waals surface area contributed by atoms with E-state index in [1.165, 1.54) is 0 Å². The van der Waals surface area contributed by atoms with E-state index in [4.69, 9.17) is 4.74 Å². The number of rotatable bonds is 4. The Balaban J connectivity index is 2.50. The lowest BCUT2D eigenvalue weighted by atomic mass is 10.1. The molecule has 0 aromatic heterocycles. The van der Waals surface area contributed by atoms with Crippen LogP contribution in [0.1, 0.15) is 26.3 Å². The monoisotopic (exact) mass is 253 g/mol. The molecule has 1 rings (SSSR count). The van der Waals surface area contributed by atoms with E-state index in [1.54, 1.807) is 20.8 Å². The molecule has 0 spiro atoms. The molecule has 0 saturated carbocycles. The summed E-state index contributed by atoms with van der Waals surface area (Å²) in [5.41, 5.74) is 0.411. The molecule has 0 bridgehead atoms. The van der Waals surface area contributed by atoms with Gasteiger partial charge in [-0.15, -0.1) is 0 Å². The maximum Gasteiger partial charge on any atom is 0.407 e. The number of carbonyl (C=O) groups excluding carboxylic acids is 1. The predicted molar refractivity (Wildman–Crippen MR) is 69.3 cm³/mol. The highest BCUT2D eigenvalue weighted by Gasteiger charge is 2.19. The van der Waals surface area contributed by atoms with E-state index in [1.807, 2.05) is 30.3 Å². The van der Waals surface area contributed by atoms with Crippen molar-refractivity contribution in [2.75, 3.05) is 6.67 Å². The maximum absolute atomic E-state index is 12.9. The Morgan fingerprint density at radius 2 is 1.94 bits per heavy atom. The number of hydrogen-bond acceptors (Lipinski definition) is 2. The predicted octanol–water partition coefficient (Wildman–Crippen LogP) is 3.09. The van der Waals surface area contributed by atoms with Gasteiger partial charge in [-0.3, -0.25) is 0 Å². The number of benzene rings is 1. The number of amides is 1. The van der Waals surface area contributed by atoms with Crippen LogP contribution in [0.3, 0.4) is 0 Å². The highest BCUT2D eigenvalue weighted by Crippen LogP contribution is 2.08. The fourth-order valence-electron chi connectivity index (χ4n) is 1.52. The molecule has 0 unspecified atom stereocenters. The van der Waals surface area contributed by atoms with Crippen LogP contribution in [0.5, 0.6) is 0 Å². The van der Waals surface area contributed by atoms with Gasteiger partial charge in [0.05, 0.1) is 6.04 Å². The first-order valence-electron chi connectivity index (χ1n) is 6.00. The normalized spacial score (nSPS) is 12.9. The van der Waals surface area contributed by atoms with Crippen LogP contribution in [0.25, 0.3) is 0 Å². The molecule has 1 amide bonds. The van der Waals surface area contributed by atoms with E-state index in [2.05, 4.69) is 5.32 Å². The minimum absolute atomic E-state index is 0.455. The van der Waals surface area contributed by atoms with E-state index < -0.39 is 24.4 Å².